The minimum Gasteiger partial charge on any atom is -0.310 e. The summed E-state index contributed by atoms with van der Waals surface area (Å²) in [6.07, 6.45) is 0. The molecule has 0 saturated carbocycles. The first-order chi connectivity index (χ1) is 48.8. The molecule has 0 spiro atoms. The van der Waals surface area contributed by atoms with Crippen molar-refractivity contribution in [3.63, 3.8) is 0 Å². The molecule has 15 aromatic carbocycles. The van der Waals surface area contributed by atoms with Crippen LogP contribution in [0.3, 0.4) is 0 Å². The van der Waals surface area contributed by atoms with E-state index >= 15 is 0 Å². The molecule has 0 N–H and O–H groups in total. The Kier molecular flexibility index (Phi) is 13.2. The number of aromatic nitrogens is 2. The molecule has 17 aromatic rings. The first kappa shape index (κ1) is 59.3. The molecule has 2 aliphatic rings. The highest BCUT2D eigenvalue weighted by molar-refractivity contribution is 6.15. The Morgan fingerprint density at radius 3 is 0.890 bits per heavy atom. The third kappa shape index (κ3) is 8.72. The van der Waals surface area contributed by atoms with Crippen molar-refractivity contribution in [3.05, 3.63) is 392 Å². The second-order valence-electron chi connectivity index (χ2n) is 28.7. The van der Waals surface area contributed by atoms with E-state index in [1.54, 1.807) is 0 Å². The molecular weight excluding hydrogens is 1210 g/mol. The average molecular weight is 1280 g/mol. The highest BCUT2D eigenvalue weighted by Gasteiger charge is 2.49. The van der Waals surface area contributed by atoms with E-state index in [2.05, 4.69) is 378 Å². The zero-order valence-corrected chi connectivity index (χ0v) is 57.7. The van der Waals surface area contributed by atoms with Gasteiger partial charge in [0.05, 0.1) is 55.6 Å². The summed E-state index contributed by atoms with van der Waals surface area (Å²) in [5, 5.41) is 9.66. The van der Waals surface area contributed by atoms with E-state index in [0.717, 1.165) is 45.5 Å². The molecule has 2 aromatic heterocycles. The Balaban J connectivity index is 0.832. The maximum atomic E-state index is 2.57. The third-order valence-corrected chi connectivity index (χ3v) is 22.2. The van der Waals surface area contributed by atoms with E-state index in [4.69, 9.17) is 0 Å². The van der Waals surface area contributed by atoms with Crippen LogP contribution in [0.4, 0.5) is 34.1 Å². The molecule has 0 atom stereocenters. The first-order valence-corrected chi connectivity index (χ1v) is 35.2. The Morgan fingerprint density at radius 2 is 0.530 bits per heavy atom. The monoisotopic (exact) mass is 1280 g/mol. The molecule has 478 valence electrons. The van der Waals surface area contributed by atoms with Crippen LogP contribution in [-0.4, -0.2) is 9.13 Å². The fraction of sp³-hybridized carbons (Fsp3) is 0.104. The molecule has 0 saturated heterocycles. The topological polar surface area (TPSA) is 16.3 Å². The Morgan fingerprint density at radius 1 is 0.200 bits per heavy atom. The van der Waals surface area contributed by atoms with Gasteiger partial charge in [-0.25, -0.2) is 0 Å². The van der Waals surface area contributed by atoms with Crippen LogP contribution in [0.15, 0.2) is 303 Å². The van der Waals surface area contributed by atoms with Gasteiger partial charge in [0.25, 0.3) is 0 Å². The molecule has 4 nitrogen and oxygen atoms in total. The first-order valence-electron chi connectivity index (χ1n) is 35.2. The second kappa shape index (κ2) is 22.3. The molecule has 0 bridgehead atoms. The Hall–Kier alpha value is -12.0. The van der Waals surface area contributed by atoms with E-state index in [9.17, 15) is 0 Å². The molecule has 0 radical (unpaired) electrons. The third-order valence-electron chi connectivity index (χ3n) is 22.2. The molecule has 2 aliphatic heterocycles. The van der Waals surface area contributed by atoms with Crippen LogP contribution in [0.2, 0.25) is 0 Å². The van der Waals surface area contributed by atoms with Crippen molar-refractivity contribution in [2.24, 2.45) is 0 Å². The summed E-state index contributed by atoms with van der Waals surface area (Å²) in [7, 11) is 0. The molecule has 100 heavy (non-hydrogen) atoms. The Labute approximate surface area is 584 Å². The molecular formula is C96H74N4. The zero-order chi connectivity index (χ0) is 67.4. The van der Waals surface area contributed by atoms with Crippen molar-refractivity contribution in [3.8, 4) is 11.4 Å². The number of nitrogens with zero attached hydrogens (tertiary/aromatic N) is 4. The van der Waals surface area contributed by atoms with Crippen LogP contribution in [0, 0.1) is 55.4 Å². The Bertz CT molecular complexity index is 5720. The molecule has 0 aliphatic carbocycles. The fourth-order valence-corrected chi connectivity index (χ4v) is 17.9. The predicted octanol–water partition coefficient (Wildman–Crippen LogP) is 25.0. The van der Waals surface area contributed by atoms with Crippen LogP contribution in [0.25, 0.3) is 76.5 Å². The SMILES string of the molecule is Cc1ccc(C2(c3ccc(C)cc3)c3ccccc3N(c3ccc4c(ccc5cc(N6c7ccccc7C(c7ccc(C)cc7)(c7ccc(C)cc7)c7cc8c9ccccc9n(-c9cc(C)cc(C)c9)c8cc76)ccc54)c3)c3cc4c(cc32)c2ccccc2n4-c2cc(C)cc(C)c2)cc1. The fourth-order valence-electron chi connectivity index (χ4n) is 17.9. The van der Waals surface area contributed by atoms with E-state index in [1.807, 2.05) is 0 Å². The lowest BCUT2D eigenvalue weighted by Crippen LogP contribution is -2.37. The van der Waals surface area contributed by atoms with Crippen molar-refractivity contribution in [2.75, 3.05) is 9.80 Å². The van der Waals surface area contributed by atoms with Crippen molar-refractivity contribution < 1.29 is 0 Å². The normalized spacial score (nSPS) is 13.7. The molecule has 0 unspecified atom stereocenters. The van der Waals surface area contributed by atoms with E-state index < -0.39 is 10.8 Å². The van der Waals surface area contributed by atoms with Gasteiger partial charge in [0.15, 0.2) is 0 Å². The number of hydrogen-bond acceptors (Lipinski definition) is 2. The van der Waals surface area contributed by atoms with Crippen molar-refractivity contribution in [2.45, 2.75) is 66.2 Å². The van der Waals surface area contributed by atoms with Gasteiger partial charge >= 0.3 is 0 Å². The number of aryl methyl sites for hydroxylation is 8. The molecule has 19 rings (SSSR count). The van der Waals surface area contributed by atoms with Gasteiger partial charge in [0, 0.05) is 44.3 Å². The van der Waals surface area contributed by atoms with Crippen LogP contribution in [-0.2, 0) is 10.8 Å². The van der Waals surface area contributed by atoms with Gasteiger partial charge in [-0.05, 0) is 241 Å². The van der Waals surface area contributed by atoms with Gasteiger partial charge in [0.1, 0.15) is 0 Å². The maximum Gasteiger partial charge on any atom is 0.0742 e. The quantitative estimate of drug-likeness (QED) is 0.141. The van der Waals surface area contributed by atoms with Gasteiger partial charge in [-0.2, -0.15) is 0 Å². The number of benzene rings is 15. The summed E-state index contributed by atoms with van der Waals surface area (Å²) in [4.78, 5) is 5.13. The highest BCUT2D eigenvalue weighted by atomic mass is 15.2. The molecule has 4 heterocycles. The van der Waals surface area contributed by atoms with Crippen molar-refractivity contribution in [1.29, 1.82) is 0 Å². The smallest absolute Gasteiger partial charge is 0.0742 e. The van der Waals surface area contributed by atoms with E-state index in [0.29, 0.717) is 0 Å². The largest absolute Gasteiger partial charge is 0.310 e. The zero-order valence-electron chi connectivity index (χ0n) is 57.7. The van der Waals surface area contributed by atoms with Gasteiger partial charge < -0.3 is 18.9 Å². The summed E-state index contributed by atoms with van der Waals surface area (Å²) in [6, 6.07) is 117. The van der Waals surface area contributed by atoms with Gasteiger partial charge in [-0.1, -0.05) is 229 Å². The van der Waals surface area contributed by atoms with Gasteiger partial charge in [-0.15, -0.1) is 0 Å². The number of hydrogen-bond donors (Lipinski definition) is 0. The number of rotatable bonds is 8. The summed E-state index contributed by atoms with van der Waals surface area (Å²) in [6.45, 7) is 17.6. The average Bonchev–Trinajstić information content (AvgIpc) is 1.09. The summed E-state index contributed by atoms with van der Waals surface area (Å²) >= 11 is 0. The number of para-hydroxylation sites is 4. The highest BCUT2D eigenvalue weighted by Crippen LogP contribution is 2.62. The van der Waals surface area contributed by atoms with Gasteiger partial charge in [-0.3, -0.25) is 0 Å². The van der Waals surface area contributed by atoms with Crippen LogP contribution in [0.5, 0.6) is 0 Å². The lowest BCUT2D eigenvalue weighted by Gasteiger charge is -2.46. The summed E-state index contributed by atoms with van der Waals surface area (Å²) in [5.41, 5.74) is 32.2. The van der Waals surface area contributed by atoms with Gasteiger partial charge in [0.2, 0.25) is 0 Å². The van der Waals surface area contributed by atoms with E-state index in [1.165, 1.54) is 154 Å². The summed E-state index contributed by atoms with van der Waals surface area (Å²) in [5.74, 6) is 0. The number of fused-ring (bicyclic) bond motifs is 13. The summed E-state index contributed by atoms with van der Waals surface area (Å²) < 4.78 is 5.00. The molecule has 0 amide bonds. The van der Waals surface area contributed by atoms with Crippen LogP contribution < -0.4 is 9.80 Å². The molecule has 4 heteroatoms. The standard InChI is InChI=1S/C96H74N4/c1-59-25-35-69(36-26-59)95(70-37-27-60(2)28-38-70)83-19-11-15-23-89(83)97(93-57-91-81(55-85(93)95)79-17-9-13-21-87(79)99(91)75-49-63(5)47-64(6)50-75)73-43-45-77-67(53-73)33-34-68-54-74(44-46-78(68)77)98-90-24-16-12-20-84(90)96(71-39-29-61(3)30-40-71,72-41-31-62(4)32-42-72)86-56-82-80-18-10-14-22-88(80)100(92(82)58-94(86)98)76-51-65(7)48-66(8)52-76/h9-58H,1-8H3. The maximum absolute atomic E-state index is 2.57. The second-order valence-corrected chi connectivity index (χ2v) is 28.7. The van der Waals surface area contributed by atoms with Crippen molar-refractivity contribution in [1.82, 2.24) is 9.13 Å². The molecule has 0 fully saturated rings. The minimum absolute atomic E-state index is 0.686. The number of anilines is 6. The minimum atomic E-state index is -0.686. The van der Waals surface area contributed by atoms with Crippen LogP contribution in [0.1, 0.15) is 89.0 Å². The lowest BCUT2D eigenvalue weighted by molar-refractivity contribution is 0.732. The van der Waals surface area contributed by atoms with Crippen molar-refractivity contribution >= 4 is 99.3 Å². The van der Waals surface area contributed by atoms with E-state index in [-0.39, 0.29) is 0 Å². The predicted molar refractivity (Wildman–Crippen MR) is 421 cm³/mol. The van der Waals surface area contributed by atoms with Crippen LogP contribution >= 0.6 is 0 Å². The lowest BCUT2D eigenvalue weighted by atomic mass is 9.62.